The molecule has 0 spiro atoms. The molecular weight excluding hydrogens is 269 g/mol. The first-order valence-electron chi connectivity index (χ1n) is 6.89. The summed E-state index contributed by atoms with van der Waals surface area (Å²) in [6, 6.07) is 13.8. The zero-order valence-corrected chi connectivity index (χ0v) is 12.3. The number of benzene rings is 2. The van der Waals surface area contributed by atoms with E-state index in [9.17, 15) is 9.50 Å². The monoisotopic (exact) mass is 289 g/mol. The van der Waals surface area contributed by atoms with Crippen LogP contribution >= 0.6 is 0 Å². The van der Waals surface area contributed by atoms with E-state index in [1.54, 1.807) is 19.2 Å². The Morgan fingerprint density at radius 3 is 2.67 bits per heavy atom. The van der Waals surface area contributed by atoms with Crippen LogP contribution in [0.2, 0.25) is 0 Å². The molecule has 0 saturated carbocycles. The Balaban J connectivity index is 1.95. The average molecular weight is 289 g/mol. The molecule has 0 aromatic heterocycles. The summed E-state index contributed by atoms with van der Waals surface area (Å²) in [4.78, 5) is 2.03. The molecule has 1 N–H and O–H groups in total. The van der Waals surface area contributed by atoms with E-state index in [2.05, 4.69) is 0 Å². The van der Waals surface area contributed by atoms with Crippen molar-refractivity contribution >= 4 is 5.69 Å². The highest BCUT2D eigenvalue weighted by Gasteiger charge is 2.10. The van der Waals surface area contributed by atoms with Crippen molar-refractivity contribution < 1.29 is 14.2 Å². The molecule has 21 heavy (non-hydrogen) atoms. The van der Waals surface area contributed by atoms with Gasteiger partial charge in [0.05, 0.1) is 13.2 Å². The molecule has 2 aromatic rings. The quantitative estimate of drug-likeness (QED) is 0.884. The second-order valence-corrected chi connectivity index (χ2v) is 4.98. The minimum Gasteiger partial charge on any atom is -0.497 e. The van der Waals surface area contributed by atoms with Crippen LogP contribution in [0.4, 0.5) is 10.1 Å². The van der Waals surface area contributed by atoms with Gasteiger partial charge in [0.2, 0.25) is 0 Å². The molecule has 3 nitrogen and oxygen atoms in total. The number of anilines is 1. The van der Waals surface area contributed by atoms with Crippen molar-refractivity contribution in [3.63, 3.8) is 0 Å². The number of ether oxygens (including phenoxy) is 1. The molecule has 0 saturated heterocycles. The zero-order chi connectivity index (χ0) is 15.2. The number of aliphatic hydroxyl groups is 1. The summed E-state index contributed by atoms with van der Waals surface area (Å²) in [6.45, 7) is 0.658. The maximum Gasteiger partial charge on any atom is 0.123 e. The van der Waals surface area contributed by atoms with Crippen LogP contribution in [0.5, 0.6) is 5.75 Å². The van der Waals surface area contributed by atoms with Crippen molar-refractivity contribution in [3.8, 4) is 5.75 Å². The molecule has 0 aliphatic heterocycles. The maximum absolute atomic E-state index is 13.1. The van der Waals surface area contributed by atoms with Crippen LogP contribution in [-0.4, -0.2) is 25.8 Å². The van der Waals surface area contributed by atoms with E-state index in [0.717, 1.165) is 11.4 Å². The Bertz CT molecular complexity index is 589. The minimum atomic E-state index is -0.672. The number of hydrogen-bond donors (Lipinski definition) is 1. The number of halogens is 1. The molecular formula is C17H20FNO2. The van der Waals surface area contributed by atoms with Gasteiger partial charge in [-0.1, -0.05) is 18.2 Å². The molecule has 0 amide bonds. The van der Waals surface area contributed by atoms with Crippen molar-refractivity contribution in [2.75, 3.05) is 25.6 Å². The highest BCUT2D eigenvalue weighted by Crippen LogP contribution is 2.22. The lowest BCUT2D eigenvalue weighted by atomic mass is 10.1. The van der Waals surface area contributed by atoms with E-state index in [1.807, 2.05) is 36.2 Å². The van der Waals surface area contributed by atoms with E-state index in [1.165, 1.54) is 12.1 Å². The molecule has 0 heterocycles. The van der Waals surface area contributed by atoms with Crippen LogP contribution in [0, 0.1) is 5.82 Å². The molecule has 1 unspecified atom stereocenters. The predicted molar refractivity (Wildman–Crippen MR) is 82.2 cm³/mol. The average Bonchev–Trinajstić information content (AvgIpc) is 2.52. The van der Waals surface area contributed by atoms with Gasteiger partial charge in [0.25, 0.3) is 0 Å². The molecule has 1 atom stereocenters. The standard InChI is InChI=1S/C17H20FNO2/c1-19(15-7-4-8-16(12-15)21-2)10-9-17(20)13-5-3-6-14(18)11-13/h3-8,11-12,17,20H,9-10H2,1-2H3. The minimum absolute atomic E-state index is 0.326. The Morgan fingerprint density at radius 2 is 1.95 bits per heavy atom. The van der Waals surface area contributed by atoms with Crippen LogP contribution in [0.25, 0.3) is 0 Å². The van der Waals surface area contributed by atoms with Gasteiger partial charge < -0.3 is 14.7 Å². The first-order chi connectivity index (χ1) is 10.1. The Morgan fingerprint density at radius 1 is 1.19 bits per heavy atom. The van der Waals surface area contributed by atoms with E-state index in [-0.39, 0.29) is 5.82 Å². The smallest absolute Gasteiger partial charge is 0.123 e. The first kappa shape index (κ1) is 15.3. The molecule has 0 aliphatic carbocycles. The summed E-state index contributed by atoms with van der Waals surface area (Å²) >= 11 is 0. The third-order valence-electron chi connectivity index (χ3n) is 3.47. The molecule has 0 radical (unpaired) electrons. The largest absolute Gasteiger partial charge is 0.497 e. The van der Waals surface area contributed by atoms with Gasteiger partial charge in [-0.05, 0) is 36.2 Å². The van der Waals surface area contributed by atoms with Gasteiger partial charge in [-0.15, -0.1) is 0 Å². The number of rotatable bonds is 6. The van der Waals surface area contributed by atoms with Gasteiger partial charge in [0.15, 0.2) is 0 Å². The maximum atomic E-state index is 13.1. The second kappa shape index (κ2) is 7.09. The van der Waals surface area contributed by atoms with Gasteiger partial charge in [-0.2, -0.15) is 0 Å². The Hall–Kier alpha value is -2.07. The summed E-state index contributed by atoms with van der Waals surface area (Å²) in [6.07, 6.45) is -0.147. The highest BCUT2D eigenvalue weighted by atomic mass is 19.1. The zero-order valence-electron chi connectivity index (χ0n) is 12.3. The van der Waals surface area contributed by atoms with Gasteiger partial charge in [-0.3, -0.25) is 0 Å². The van der Waals surface area contributed by atoms with E-state index < -0.39 is 6.10 Å². The Labute approximate surface area is 124 Å². The molecule has 2 rings (SSSR count). The van der Waals surface area contributed by atoms with Crippen molar-refractivity contribution in [1.82, 2.24) is 0 Å². The lowest BCUT2D eigenvalue weighted by Gasteiger charge is -2.21. The van der Waals surface area contributed by atoms with Gasteiger partial charge in [-0.25, -0.2) is 4.39 Å². The summed E-state index contributed by atoms with van der Waals surface area (Å²) in [5, 5.41) is 10.1. The topological polar surface area (TPSA) is 32.7 Å². The van der Waals surface area contributed by atoms with Crippen LogP contribution in [0.15, 0.2) is 48.5 Å². The fourth-order valence-electron chi connectivity index (χ4n) is 2.17. The van der Waals surface area contributed by atoms with Gasteiger partial charge >= 0.3 is 0 Å². The SMILES string of the molecule is COc1cccc(N(C)CCC(O)c2cccc(F)c2)c1. The first-order valence-corrected chi connectivity index (χ1v) is 6.89. The summed E-state index contributed by atoms with van der Waals surface area (Å²) < 4.78 is 18.3. The van der Waals surface area contributed by atoms with E-state index in [0.29, 0.717) is 18.5 Å². The van der Waals surface area contributed by atoms with Gasteiger partial charge in [0.1, 0.15) is 11.6 Å². The van der Waals surface area contributed by atoms with Crippen LogP contribution < -0.4 is 9.64 Å². The lowest BCUT2D eigenvalue weighted by molar-refractivity contribution is 0.169. The molecule has 0 aliphatic rings. The van der Waals surface area contributed by atoms with E-state index in [4.69, 9.17) is 4.74 Å². The number of nitrogens with zero attached hydrogens (tertiary/aromatic N) is 1. The van der Waals surface area contributed by atoms with Crippen molar-refractivity contribution in [3.05, 3.63) is 59.9 Å². The third kappa shape index (κ3) is 4.20. The molecule has 2 aromatic carbocycles. The summed E-state index contributed by atoms with van der Waals surface area (Å²) in [5.41, 5.74) is 1.62. The fraction of sp³-hybridized carbons (Fsp3) is 0.294. The number of methoxy groups -OCH3 is 1. The van der Waals surface area contributed by atoms with Gasteiger partial charge in [0, 0.05) is 25.3 Å². The summed E-state index contributed by atoms with van der Waals surface area (Å²) in [7, 11) is 3.58. The molecule has 0 bridgehead atoms. The van der Waals surface area contributed by atoms with Crippen molar-refractivity contribution in [1.29, 1.82) is 0 Å². The highest BCUT2D eigenvalue weighted by molar-refractivity contribution is 5.50. The Kier molecular flexibility index (Phi) is 5.17. The number of hydrogen-bond acceptors (Lipinski definition) is 3. The molecule has 112 valence electrons. The van der Waals surface area contributed by atoms with Crippen molar-refractivity contribution in [2.24, 2.45) is 0 Å². The second-order valence-electron chi connectivity index (χ2n) is 4.98. The fourth-order valence-corrected chi connectivity index (χ4v) is 2.17. The third-order valence-corrected chi connectivity index (χ3v) is 3.47. The molecule has 4 heteroatoms. The summed E-state index contributed by atoms with van der Waals surface area (Å²) in [5.74, 6) is 0.470. The molecule has 0 fully saturated rings. The van der Waals surface area contributed by atoms with Crippen molar-refractivity contribution in [2.45, 2.75) is 12.5 Å². The van der Waals surface area contributed by atoms with Crippen LogP contribution in [-0.2, 0) is 0 Å². The predicted octanol–water partition coefficient (Wildman–Crippen LogP) is 3.39. The number of aliphatic hydroxyl groups excluding tert-OH is 1. The van der Waals surface area contributed by atoms with E-state index >= 15 is 0 Å². The lowest BCUT2D eigenvalue weighted by Crippen LogP contribution is -2.20. The normalized spacial score (nSPS) is 12.0. The van der Waals surface area contributed by atoms with Crippen LogP contribution in [0.1, 0.15) is 18.1 Å². The van der Waals surface area contributed by atoms with Crippen LogP contribution in [0.3, 0.4) is 0 Å².